The largest absolute Gasteiger partial charge is 0.144 e. The average Bonchev–Trinajstić information content (AvgIpc) is 2.74. The standard InChI is InChI=1S/C10H8S2/c1-3-9(11-7-1)5-6-10-4-2-8-12-10/h1-8H. The van der Waals surface area contributed by atoms with Crippen molar-refractivity contribution in [3.05, 3.63) is 44.8 Å². The fourth-order valence-corrected chi connectivity index (χ4v) is 2.17. The van der Waals surface area contributed by atoms with Gasteiger partial charge in [-0.05, 0) is 35.0 Å². The summed E-state index contributed by atoms with van der Waals surface area (Å²) in [6, 6.07) is 8.38. The number of hydrogen-bond donors (Lipinski definition) is 0. The van der Waals surface area contributed by atoms with Crippen molar-refractivity contribution in [3.8, 4) is 0 Å². The van der Waals surface area contributed by atoms with Crippen LogP contribution in [0.3, 0.4) is 0 Å². The SMILES string of the molecule is C(=Cc1cccs1)c1cccs1. The lowest BCUT2D eigenvalue weighted by atomic mass is 10.4. The Morgan fingerprint density at radius 2 is 1.33 bits per heavy atom. The second-order valence-electron chi connectivity index (χ2n) is 2.36. The Bertz CT molecular complexity index is 305. The van der Waals surface area contributed by atoms with E-state index in [2.05, 4.69) is 47.2 Å². The Labute approximate surface area is 79.8 Å². The summed E-state index contributed by atoms with van der Waals surface area (Å²) < 4.78 is 0. The zero-order valence-corrected chi connectivity index (χ0v) is 8.07. The van der Waals surface area contributed by atoms with Crippen LogP contribution < -0.4 is 0 Å². The minimum Gasteiger partial charge on any atom is -0.144 e. The van der Waals surface area contributed by atoms with Gasteiger partial charge < -0.3 is 0 Å². The minimum absolute atomic E-state index is 1.31. The maximum absolute atomic E-state index is 2.15. The lowest BCUT2D eigenvalue weighted by Crippen LogP contribution is -1.56. The molecule has 60 valence electrons. The van der Waals surface area contributed by atoms with Gasteiger partial charge in [-0.3, -0.25) is 0 Å². The van der Waals surface area contributed by atoms with Crippen molar-refractivity contribution in [3.63, 3.8) is 0 Å². The van der Waals surface area contributed by atoms with E-state index in [4.69, 9.17) is 0 Å². The Morgan fingerprint density at radius 1 is 0.833 bits per heavy atom. The molecule has 2 rings (SSSR count). The summed E-state index contributed by atoms with van der Waals surface area (Å²) >= 11 is 3.53. The average molecular weight is 192 g/mol. The van der Waals surface area contributed by atoms with Gasteiger partial charge in [-0.25, -0.2) is 0 Å². The maximum atomic E-state index is 2.15. The van der Waals surface area contributed by atoms with Crippen LogP contribution in [0.4, 0.5) is 0 Å². The summed E-state index contributed by atoms with van der Waals surface area (Å²) in [5, 5.41) is 4.18. The highest BCUT2D eigenvalue weighted by molar-refractivity contribution is 7.11. The van der Waals surface area contributed by atoms with Gasteiger partial charge in [0.15, 0.2) is 0 Å². The zero-order valence-electron chi connectivity index (χ0n) is 6.44. The molecular weight excluding hydrogens is 184 g/mol. The first-order valence-electron chi connectivity index (χ1n) is 3.70. The first-order chi connectivity index (χ1) is 5.95. The Balaban J connectivity index is 2.14. The highest BCUT2D eigenvalue weighted by atomic mass is 32.1. The fourth-order valence-electron chi connectivity index (χ4n) is 0.936. The second-order valence-corrected chi connectivity index (χ2v) is 4.32. The molecule has 2 aromatic heterocycles. The van der Waals surface area contributed by atoms with Crippen LogP contribution in [0, 0.1) is 0 Å². The quantitative estimate of drug-likeness (QED) is 0.675. The van der Waals surface area contributed by atoms with E-state index < -0.39 is 0 Å². The normalized spacial score (nSPS) is 11.0. The van der Waals surface area contributed by atoms with Crippen molar-refractivity contribution in [2.75, 3.05) is 0 Å². The molecule has 0 aliphatic carbocycles. The first-order valence-corrected chi connectivity index (χ1v) is 5.46. The Kier molecular flexibility index (Phi) is 2.39. The van der Waals surface area contributed by atoms with E-state index in [1.807, 2.05) is 0 Å². The third-order valence-corrected chi connectivity index (χ3v) is 3.17. The zero-order chi connectivity index (χ0) is 8.23. The molecule has 0 bridgehead atoms. The summed E-state index contributed by atoms with van der Waals surface area (Å²) in [5.41, 5.74) is 0. The third-order valence-electron chi connectivity index (χ3n) is 1.50. The minimum atomic E-state index is 1.31. The molecule has 0 N–H and O–H groups in total. The molecule has 12 heavy (non-hydrogen) atoms. The monoisotopic (exact) mass is 192 g/mol. The van der Waals surface area contributed by atoms with Crippen molar-refractivity contribution < 1.29 is 0 Å². The topological polar surface area (TPSA) is 0 Å². The van der Waals surface area contributed by atoms with Gasteiger partial charge >= 0.3 is 0 Å². The van der Waals surface area contributed by atoms with E-state index in [0.29, 0.717) is 0 Å². The van der Waals surface area contributed by atoms with Crippen LogP contribution in [-0.4, -0.2) is 0 Å². The van der Waals surface area contributed by atoms with E-state index in [-0.39, 0.29) is 0 Å². The van der Waals surface area contributed by atoms with Crippen LogP contribution in [0.1, 0.15) is 9.75 Å². The van der Waals surface area contributed by atoms with Crippen LogP contribution in [0.25, 0.3) is 12.2 Å². The summed E-state index contributed by atoms with van der Waals surface area (Å²) in [6.07, 6.45) is 4.30. The molecule has 0 aliphatic rings. The molecule has 0 amide bonds. The van der Waals surface area contributed by atoms with Gasteiger partial charge in [-0.1, -0.05) is 12.1 Å². The molecule has 0 fully saturated rings. The van der Waals surface area contributed by atoms with Crippen LogP contribution in [0.15, 0.2) is 35.0 Å². The van der Waals surface area contributed by atoms with Crippen molar-refractivity contribution in [2.45, 2.75) is 0 Å². The maximum Gasteiger partial charge on any atom is 0.0270 e. The molecule has 0 aliphatic heterocycles. The van der Waals surface area contributed by atoms with E-state index in [1.54, 1.807) is 22.7 Å². The van der Waals surface area contributed by atoms with Crippen LogP contribution >= 0.6 is 22.7 Å². The highest BCUT2D eigenvalue weighted by Gasteiger charge is 1.87. The smallest absolute Gasteiger partial charge is 0.0270 e. The Morgan fingerprint density at radius 3 is 1.67 bits per heavy atom. The van der Waals surface area contributed by atoms with E-state index >= 15 is 0 Å². The van der Waals surface area contributed by atoms with Crippen LogP contribution in [0.2, 0.25) is 0 Å². The number of rotatable bonds is 2. The predicted octanol–water partition coefficient (Wildman–Crippen LogP) is 3.98. The molecular formula is C10H8S2. The molecule has 0 unspecified atom stereocenters. The Hall–Kier alpha value is -0.860. The van der Waals surface area contributed by atoms with E-state index in [9.17, 15) is 0 Å². The lowest BCUT2D eigenvalue weighted by molar-refractivity contribution is 1.94. The number of thiophene rings is 2. The van der Waals surface area contributed by atoms with Crippen LogP contribution in [0.5, 0.6) is 0 Å². The van der Waals surface area contributed by atoms with Crippen molar-refractivity contribution >= 4 is 34.8 Å². The first kappa shape index (κ1) is 7.77. The lowest BCUT2D eigenvalue weighted by Gasteiger charge is -1.82. The molecule has 0 saturated heterocycles. The second kappa shape index (κ2) is 3.70. The predicted molar refractivity (Wildman–Crippen MR) is 57.6 cm³/mol. The molecule has 0 radical (unpaired) electrons. The van der Waals surface area contributed by atoms with Crippen molar-refractivity contribution in [1.82, 2.24) is 0 Å². The molecule has 2 heterocycles. The molecule has 0 aromatic carbocycles. The summed E-state index contributed by atoms with van der Waals surface area (Å²) in [7, 11) is 0. The molecule has 0 nitrogen and oxygen atoms in total. The van der Waals surface area contributed by atoms with Gasteiger partial charge in [0.05, 0.1) is 0 Å². The van der Waals surface area contributed by atoms with Gasteiger partial charge in [0.1, 0.15) is 0 Å². The van der Waals surface area contributed by atoms with Crippen molar-refractivity contribution in [2.24, 2.45) is 0 Å². The van der Waals surface area contributed by atoms with Gasteiger partial charge in [0.25, 0.3) is 0 Å². The van der Waals surface area contributed by atoms with E-state index in [0.717, 1.165) is 0 Å². The summed E-state index contributed by atoms with van der Waals surface area (Å²) in [5.74, 6) is 0. The van der Waals surface area contributed by atoms with Gasteiger partial charge in [0, 0.05) is 9.75 Å². The molecule has 0 saturated carbocycles. The van der Waals surface area contributed by atoms with Crippen molar-refractivity contribution in [1.29, 1.82) is 0 Å². The third kappa shape index (κ3) is 1.84. The molecule has 0 spiro atoms. The fraction of sp³-hybridized carbons (Fsp3) is 0. The van der Waals surface area contributed by atoms with E-state index in [1.165, 1.54) is 9.75 Å². The molecule has 2 aromatic rings. The molecule has 2 heteroatoms. The van der Waals surface area contributed by atoms with Gasteiger partial charge in [0.2, 0.25) is 0 Å². The summed E-state index contributed by atoms with van der Waals surface area (Å²) in [4.78, 5) is 2.62. The number of hydrogen-bond acceptors (Lipinski definition) is 2. The van der Waals surface area contributed by atoms with Gasteiger partial charge in [-0.2, -0.15) is 0 Å². The summed E-state index contributed by atoms with van der Waals surface area (Å²) in [6.45, 7) is 0. The van der Waals surface area contributed by atoms with Crippen LogP contribution in [-0.2, 0) is 0 Å². The van der Waals surface area contributed by atoms with Gasteiger partial charge in [-0.15, -0.1) is 22.7 Å². The molecule has 0 atom stereocenters. The highest BCUT2D eigenvalue weighted by Crippen LogP contribution is 2.15.